The van der Waals surface area contributed by atoms with E-state index in [1.54, 1.807) is 0 Å². The summed E-state index contributed by atoms with van der Waals surface area (Å²) in [5.41, 5.74) is 1.35. The number of unbranched alkanes of at least 4 members (excludes halogenated alkanes) is 2. The zero-order valence-corrected chi connectivity index (χ0v) is 12.0. The van der Waals surface area contributed by atoms with Crippen LogP contribution in [0, 0.1) is 0 Å². The third-order valence-corrected chi connectivity index (χ3v) is 3.43. The average molecular weight is 300 g/mol. The minimum absolute atomic E-state index is 0.309. The molecule has 0 aliphatic heterocycles. The highest BCUT2D eigenvalue weighted by atomic mass is 79.9. The van der Waals surface area contributed by atoms with Crippen LogP contribution in [0.15, 0.2) is 28.7 Å². The zero-order chi connectivity index (χ0) is 12.5. The zero-order valence-electron chi connectivity index (χ0n) is 10.5. The number of aliphatic hydroxyl groups excluding tert-OH is 1. The number of rotatable bonds is 8. The number of hydrogen-bond donors (Lipinski definition) is 2. The maximum Gasteiger partial charge on any atom is 0.0431 e. The first-order valence-corrected chi connectivity index (χ1v) is 7.17. The second-order valence-corrected chi connectivity index (χ2v) is 5.17. The van der Waals surface area contributed by atoms with Crippen molar-refractivity contribution in [1.82, 2.24) is 5.32 Å². The lowest BCUT2D eigenvalue weighted by atomic mass is 10.0. The summed E-state index contributed by atoms with van der Waals surface area (Å²) in [5.74, 6) is 0. The van der Waals surface area contributed by atoms with E-state index in [2.05, 4.69) is 52.4 Å². The van der Waals surface area contributed by atoms with Gasteiger partial charge in [0.2, 0.25) is 0 Å². The molecule has 17 heavy (non-hydrogen) atoms. The summed E-state index contributed by atoms with van der Waals surface area (Å²) in [6.07, 6.45) is 4.24. The lowest BCUT2D eigenvalue weighted by molar-refractivity contribution is 0.282. The van der Waals surface area contributed by atoms with E-state index in [-0.39, 0.29) is 0 Å². The molecule has 1 atom stereocenters. The maximum absolute atomic E-state index is 8.70. The second kappa shape index (κ2) is 8.67. The third-order valence-electron chi connectivity index (χ3n) is 2.91. The molecule has 0 saturated heterocycles. The first-order valence-electron chi connectivity index (χ1n) is 6.37. The summed E-state index contributed by atoms with van der Waals surface area (Å²) in [6, 6.07) is 8.95. The van der Waals surface area contributed by atoms with Crippen molar-refractivity contribution in [3.05, 3.63) is 34.3 Å². The van der Waals surface area contributed by atoms with E-state index in [4.69, 9.17) is 5.11 Å². The monoisotopic (exact) mass is 299 g/mol. The van der Waals surface area contributed by atoms with Gasteiger partial charge in [-0.1, -0.05) is 35.0 Å². The van der Waals surface area contributed by atoms with E-state index in [0.29, 0.717) is 12.6 Å². The van der Waals surface area contributed by atoms with Gasteiger partial charge in [-0.2, -0.15) is 0 Å². The van der Waals surface area contributed by atoms with Crippen molar-refractivity contribution >= 4 is 15.9 Å². The Morgan fingerprint density at radius 3 is 2.47 bits per heavy atom. The van der Waals surface area contributed by atoms with Crippen LogP contribution in [0.4, 0.5) is 0 Å². The van der Waals surface area contributed by atoms with Gasteiger partial charge in [0, 0.05) is 17.1 Å². The number of benzene rings is 1. The van der Waals surface area contributed by atoms with Gasteiger partial charge in [0.15, 0.2) is 0 Å². The van der Waals surface area contributed by atoms with Crippen LogP contribution in [0.5, 0.6) is 0 Å². The molecular weight excluding hydrogens is 278 g/mol. The largest absolute Gasteiger partial charge is 0.396 e. The Morgan fingerprint density at radius 2 is 1.88 bits per heavy atom. The average Bonchev–Trinajstić information content (AvgIpc) is 2.35. The van der Waals surface area contributed by atoms with Crippen LogP contribution in [0.25, 0.3) is 0 Å². The van der Waals surface area contributed by atoms with Crippen LogP contribution in [0.3, 0.4) is 0 Å². The van der Waals surface area contributed by atoms with Gasteiger partial charge < -0.3 is 10.4 Å². The molecule has 0 fully saturated rings. The first kappa shape index (κ1) is 14.7. The molecule has 1 aromatic carbocycles. The molecule has 0 aliphatic carbocycles. The number of halogens is 1. The molecule has 1 unspecified atom stereocenters. The molecular formula is C14H22BrNO. The lowest BCUT2D eigenvalue weighted by Gasteiger charge is -2.17. The van der Waals surface area contributed by atoms with Crippen molar-refractivity contribution in [1.29, 1.82) is 0 Å². The fraction of sp³-hybridized carbons (Fsp3) is 0.571. The summed E-state index contributed by atoms with van der Waals surface area (Å²) in [5, 5.41) is 12.3. The van der Waals surface area contributed by atoms with Gasteiger partial charge in [-0.25, -0.2) is 0 Å². The lowest BCUT2D eigenvalue weighted by Crippen LogP contribution is -2.21. The summed E-state index contributed by atoms with van der Waals surface area (Å²) in [6.45, 7) is 3.53. The van der Waals surface area contributed by atoms with E-state index >= 15 is 0 Å². The standard InChI is InChI=1S/C14H22BrNO/c1-2-14(16-10-4-3-5-11-17)12-6-8-13(15)9-7-12/h6-9,14,16-17H,2-5,10-11H2,1H3. The molecule has 0 amide bonds. The number of nitrogens with one attached hydrogen (secondary N) is 1. The second-order valence-electron chi connectivity index (χ2n) is 4.25. The van der Waals surface area contributed by atoms with Crippen LogP contribution < -0.4 is 5.32 Å². The quantitative estimate of drug-likeness (QED) is 0.718. The van der Waals surface area contributed by atoms with E-state index < -0.39 is 0 Å². The summed E-state index contributed by atoms with van der Waals surface area (Å²) in [7, 11) is 0. The minimum atomic E-state index is 0.309. The molecule has 0 aromatic heterocycles. The van der Waals surface area contributed by atoms with Crippen LogP contribution in [-0.4, -0.2) is 18.3 Å². The number of hydrogen-bond acceptors (Lipinski definition) is 2. The predicted octanol–water partition coefficient (Wildman–Crippen LogP) is 3.65. The Balaban J connectivity index is 2.35. The highest BCUT2D eigenvalue weighted by Gasteiger charge is 2.07. The number of aliphatic hydroxyl groups is 1. The smallest absolute Gasteiger partial charge is 0.0431 e. The van der Waals surface area contributed by atoms with Crippen molar-refractivity contribution in [2.45, 2.75) is 38.6 Å². The van der Waals surface area contributed by atoms with Crippen LogP contribution in [0.2, 0.25) is 0 Å². The molecule has 2 nitrogen and oxygen atoms in total. The van der Waals surface area contributed by atoms with Gasteiger partial charge in [0.1, 0.15) is 0 Å². The normalized spacial score (nSPS) is 12.6. The molecule has 0 aliphatic rings. The molecule has 0 heterocycles. The van der Waals surface area contributed by atoms with Crippen molar-refractivity contribution < 1.29 is 5.11 Å². The van der Waals surface area contributed by atoms with Crippen molar-refractivity contribution in [3.63, 3.8) is 0 Å². The molecule has 0 spiro atoms. The van der Waals surface area contributed by atoms with Crippen LogP contribution in [0.1, 0.15) is 44.2 Å². The van der Waals surface area contributed by atoms with Gasteiger partial charge in [-0.05, 0) is 49.9 Å². The highest BCUT2D eigenvalue weighted by Crippen LogP contribution is 2.19. The van der Waals surface area contributed by atoms with Crippen molar-refractivity contribution in [3.8, 4) is 0 Å². The molecule has 96 valence electrons. The Labute approximate surface area is 113 Å². The molecule has 0 saturated carbocycles. The van der Waals surface area contributed by atoms with E-state index in [1.807, 2.05) is 0 Å². The Bertz CT molecular complexity index is 300. The Kier molecular flexibility index (Phi) is 7.49. The van der Waals surface area contributed by atoms with Gasteiger partial charge in [-0.15, -0.1) is 0 Å². The molecule has 1 aromatic rings. The molecule has 3 heteroatoms. The molecule has 0 bridgehead atoms. The predicted molar refractivity (Wildman–Crippen MR) is 76.1 cm³/mol. The molecule has 0 radical (unpaired) electrons. The van der Waals surface area contributed by atoms with E-state index in [9.17, 15) is 0 Å². The minimum Gasteiger partial charge on any atom is -0.396 e. The van der Waals surface area contributed by atoms with Gasteiger partial charge in [0.25, 0.3) is 0 Å². The first-order chi connectivity index (χ1) is 8.27. The van der Waals surface area contributed by atoms with Gasteiger partial charge in [0.05, 0.1) is 0 Å². The van der Waals surface area contributed by atoms with Gasteiger partial charge in [-0.3, -0.25) is 0 Å². The molecule has 1 rings (SSSR count). The van der Waals surface area contributed by atoms with Crippen LogP contribution in [-0.2, 0) is 0 Å². The summed E-state index contributed by atoms with van der Waals surface area (Å²) >= 11 is 3.45. The summed E-state index contributed by atoms with van der Waals surface area (Å²) < 4.78 is 1.12. The fourth-order valence-electron chi connectivity index (χ4n) is 1.88. The van der Waals surface area contributed by atoms with Crippen LogP contribution >= 0.6 is 15.9 Å². The Morgan fingerprint density at radius 1 is 1.18 bits per heavy atom. The van der Waals surface area contributed by atoms with E-state index in [1.165, 1.54) is 5.56 Å². The summed E-state index contributed by atoms with van der Waals surface area (Å²) in [4.78, 5) is 0. The van der Waals surface area contributed by atoms with E-state index in [0.717, 1.165) is 36.7 Å². The molecule has 2 N–H and O–H groups in total. The topological polar surface area (TPSA) is 32.3 Å². The Hall–Kier alpha value is -0.380. The maximum atomic E-state index is 8.70. The SMILES string of the molecule is CCC(NCCCCCO)c1ccc(Br)cc1. The van der Waals surface area contributed by atoms with Crippen molar-refractivity contribution in [2.24, 2.45) is 0 Å². The van der Waals surface area contributed by atoms with Crippen molar-refractivity contribution in [2.75, 3.05) is 13.2 Å². The fourth-order valence-corrected chi connectivity index (χ4v) is 2.15. The van der Waals surface area contributed by atoms with Gasteiger partial charge >= 0.3 is 0 Å². The highest BCUT2D eigenvalue weighted by molar-refractivity contribution is 9.10. The third kappa shape index (κ3) is 5.66.